The van der Waals surface area contributed by atoms with Crippen molar-refractivity contribution in [1.29, 1.82) is 0 Å². The summed E-state index contributed by atoms with van der Waals surface area (Å²) in [4.78, 5) is 28.3. The van der Waals surface area contributed by atoms with Crippen molar-refractivity contribution in [3.05, 3.63) is 83.9 Å². The fourth-order valence-corrected chi connectivity index (χ4v) is 3.48. The smallest absolute Gasteiger partial charge is 0.354 e. The molecule has 0 aliphatic heterocycles. The molecule has 0 atom stereocenters. The molecule has 0 radical (unpaired) electrons. The second-order valence-electron chi connectivity index (χ2n) is 6.47. The van der Waals surface area contributed by atoms with Gasteiger partial charge in [-0.15, -0.1) is 0 Å². The zero-order valence-corrected chi connectivity index (χ0v) is 20.9. The van der Waals surface area contributed by atoms with E-state index >= 15 is 0 Å². The summed E-state index contributed by atoms with van der Waals surface area (Å²) in [7, 11) is 2.60. The van der Waals surface area contributed by atoms with Gasteiger partial charge in [0.2, 0.25) is 0 Å². The predicted molar refractivity (Wildman–Crippen MR) is 144 cm³/mol. The van der Waals surface area contributed by atoms with Crippen LogP contribution < -0.4 is 0 Å². The van der Waals surface area contributed by atoms with Crippen molar-refractivity contribution in [3.63, 3.8) is 0 Å². The number of H-pyrrole nitrogens is 1. The normalized spacial score (nSPS) is 10.0. The van der Waals surface area contributed by atoms with Crippen molar-refractivity contribution in [2.75, 3.05) is 14.2 Å². The summed E-state index contributed by atoms with van der Waals surface area (Å²) in [6.07, 6.45) is 1.49. The monoisotopic (exact) mass is 594 g/mol. The molecule has 3 rings (SSSR count). The van der Waals surface area contributed by atoms with Gasteiger partial charge in [0, 0.05) is 24.8 Å². The maximum atomic E-state index is 11.3. The van der Waals surface area contributed by atoms with Gasteiger partial charge < -0.3 is 14.5 Å². The minimum atomic E-state index is -0.665. The number of esters is 2. The number of nitrogens with one attached hydrogen (secondary N) is 1. The summed E-state index contributed by atoms with van der Waals surface area (Å²) in [6, 6.07) is 11.2. The lowest BCUT2D eigenvalue weighted by atomic mass is 10.1. The number of benzene rings is 2. The Bertz CT molecular complexity index is 1250. The number of fused-ring (bicyclic) bond motifs is 1. The quantitative estimate of drug-likeness (QED) is 0.108. The highest BCUT2D eigenvalue weighted by Gasteiger charge is 2.11. The molecule has 0 aliphatic rings. The summed E-state index contributed by atoms with van der Waals surface area (Å²) in [5.74, 6) is -1.01. The fraction of sp³-hybridized carbons (Fsp3) is 0.250. The average Bonchev–Trinajstić information content (AvgIpc) is 3.23. The molecular weight excluding hydrogens is 568 g/mol. The molecule has 8 nitrogen and oxygen atoms in total. The third kappa shape index (κ3) is 7.48. The highest BCUT2D eigenvalue weighted by Crippen LogP contribution is 2.26. The topological polar surface area (TPSA) is 117 Å². The van der Waals surface area contributed by atoms with E-state index in [1.165, 1.54) is 20.3 Å². The van der Waals surface area contributed by atoms with Crippen LogP contribution in [-0.4, -0.2) is 31.1 Å². The molecule has 0 saturated carbocycles. The molecule has 182 valence electrons. The molecule has 1 heterocycles. The molecule has 0 bridgehead atoms. The lowest BCUT2D eigenvalue weighted by Crippen LogP contribution is -2.02. The molecule has 0 amide bonds. The zero-order valence-electron chi connectivity index (χ0n) is 17.8. The summed E-state index contributed by atoms with van der Waals surface area (Å²) in [6.45, 7) is 3.89. The van der Waals surface area contributed by atoms with E-state index in [9.17, 15) is 9.59 Å². The van der Waals surface area contributed by atoms with Crippen LogP contribution in [0.3, 0.4) is 0 Å². The van der Waals surface area contributed by atoms with Gasteiger partial charge in [-0.3, -0.25) is 0 Å². The number of aromatic amines is 1. The van der Waals surface area contributed by atoms with Gasteiger partial charge in [-0.1, -0.05) is 64.0 Å². The predicted octanol–water partition coefficient (Wildman–Crippen LogP) is 7.88. The van der Waals surface area contributed by atoms with E-state index in [1.807, 2.05) is 44.2 Å². The molecule has 0 unspecified atom stereocenters. The van der Waals surface area contributed by atoms with Crippen LogP contribution in [0.5, 0.6) is 0 Å². The number of methoxy groups -OCH3 is 2. The molecule has 0 aliphatic carbocycles. The second-order valence-corrected chi connectivity index (χ2v) is 8.18. The van der Waals surface area contributed by atoms with Crippen molar-refractivity contribution >= 4 is 60.8 Å². The standard InChI is InChI=1S/C11H10BrN3O2.C11H10BrNO2.2CH4/c1-7-8(4-3-5-9(7)12)6-10(14-15-13)11(16)17-2;1-6-7-5-10(11(14)15-2)13-9(7)4-3-8(6)12;;/h3-6H,1-2H3;3-5,13H,1-2H3;2*1H4/b10-6+;;;. The number of rotatable bonds is 4. The van der Waals surface area contributed by atoms with Crippen molar-refractivity contribution in [2.45, 2.75) is 28.7 Å². The Morgan fingerprint density at radius 2 is 1.68 bits per heavy atom. The number of azide groups is 1. The number of nitrogens with zero attached hydrogens (tertiary/aromatic N) is 3. The first-order chi connectivity index (χ1) is 15.2. The molecule has 1 N–H and O–H groups in total. The summed E-state index contributed by atoms with van der Waals surface area (Å²) < 4.78 is 11.1. The first kappa shape index (κ1) is 30.9. The fourth-order valence-electron chi connectivity index (χ4n) is 2.75. The summed E-state index contributed by atoms with van der Waals surface area (Å²) >= 11 is 6.83. The number of aryl methyl sites for hydroxylation is 1. The number of aromatic nitrogens is 1. The van der Waals surface area contributed by atoms with Crippen LogP contribution in [0.1, 0.15) is 42.0 Å². The van der Waals surface area contributed by atoms with Gasteiger partial charge in [0.15, 0.2) is 0 Å². The van der Waals surface area contributed by atoms with Crippen LogP contribution in [-0.2, 0) is 14.3 Å². The maximum absolute atomic E-state index is 11.3. The van der Waals surface area contributed by atoms with E-state index in [0.717, 1.165) is 36.5 Å². The largest absolute Gasteiger partial charge is 0.466 e. The van der Waals surface area contributed by atoms with E-state index in [0.29, 0.717) is 5.69 Å². The first-order valence-electron chi connectivity index (χ1n) is 9.19. The van der Waals surface area contributed by atoms with E-state index in [-0.39, 0.29) is 26.5 Å². The van der Waals surface area contributed by atoms with Gasteiger partial charge >= 0.3 is 11.9 Å². The zero-order chi connectivity index (χ0) is 23.8. The number of halogens is 2. The number of hydrogen-bond donors (Lipinski definition) is 1. The molecule has 10 heteroatoms. The van der Waals surface area contributed by atoms with Crippen LogP contribution in [0.25, 0.3) is 27.4 Å². The van der Waals surface area contributed by atoms with Gasteiger partial charge in [0.25, 0.3) is 0 Å². The molecule has 3 aromatic rings. The summed E-state index contributed by atoms with van der Waals surface area (Å²) in [5, 5.41) is 4.34. The molecule has 0 fully saturated rings. The van der Waals surface area contributed by atoms with Crippen LogP contribution >= 0.6 is 31.9 Å². The third-order valence-electron chi connectivity index (χ3n) is 4.56. The molecule has 0 saturated heterocycles. The van der Waals surface area contributed by atoms with E-state index in [1.54, 1.807) is 6.07 Å². The SMILES string of the molecule is C.C.COC(=O)/C(=C\c1cccc(Br)c1C)N=[N+]=[N-].COC(=O)c1cc2c(C)c(Br)ccc2[nH]1. The van der Waals surface area contributed by atoms with E-state index in [2.05, 4.69) is 56.3 Å². The van der Waals surface area contributed by atoms with Crippen LogP contribution in [0.4, 0.5) is 0 Å². The Hall–Kier alpha value is -3.07. The molecular formula is C24H28Br2N4O4. The van der Waals surface area contributed by atoms with Crippen molar-refractivity contribution in [1.82, 2.24) is 4.98 Å². The van der Waals surface area contributed by atoms with Gasteiger partial charge in [-0.2, -0.15) is 0 Å². The van der Waals surface area contributed by atoms with Crippen LogP contribution in [0.2, 0.25) is 0 Å². The highest BCUT2D eigenvalue weighted by atomic mass is 79.9. The molecule has 34 heavy (non-hydrogen) atoms. The van der Waals surface area contributed by atoms with Crippen LogP contribution in [0.15, 0.2) is 56.2 Å². The number of hydrogen-bond acceptors (Lipinski definition) is 5. The van der Waals surface area contributed by atoms with E-state index in [4.69, 9.17) is 5.53 Å². The first-order valence-corrected chi connectivity index (χ1v) is 10.8. The second kappa shape index (κ2) is 14.2. The number of carbonyl (C=O) groups excluding carboxylic acids is 2. The lowest BCUT2D eigenvalue weighted by Gasteiger charge is -2.04. The van der Waals surface area contributed by atoms with Gasteiger partial charge in [0.05, 0.1) is 14.2 Å². The minimum absolute atomic E-state index is 0. The van der Waals surface area contributed by atoms with E-state index < -0.39 is 5.97 Å². The minimum Gasteiger partial charge on any atom is -0.466 e. The summed E-state index contributed by atoms with van der Waals surface area (Å²) in [5.41, 5.74) is 12.6. The molecule has 2 aromatic carbocycles. The number of ether oxygens (including phenoxy) is 2. The van der Waals surface area contributed by atoms with Gasteiger partial charge in [-0.05, 0) is 66.4 Å². The lowest BCUT2D eigenvalue weighted by molar-refractivity contribution is -0.136. The van der Waals surface area contributed by atoms with Crippen molar-refractivity contribution in [2.24, 2.45) is 5.11 Å². The van der Waals surface area contributed by atoms with Crippen LogP contribution in [0, 0.1) is 13.8 Å². The highest BCUT2D eigenvalue weighted by molar-refractivity contribution is 9.10. The Morgan fingerprint density at radius 3 is 2.26 bits per heavy atom. The average molecular weight is 596 g/mol. The third-order valence-corrected chi connectivity index (χ3v) is 6.28. The maximum Gasteiger partial charge on any atom is 0.354 e. The Labute approximate surface area is 216 Å². The van der Waals surface area contributed by atoms with Crippen molar-refractivity contribution < 1.29 is 19.1 Å². The van der Waals surface area contributed by atoms with Crippen molar-refractivity contribution in [3.8, 4) is 0 Å². The Kier molecular flexibility index (Phi) is 13.0. The number of carbonyl (C=O) groups is 2. The molecule has 1 aromatic heterocycles. The Balaban J connectivity index is 0.000000608. The van der Waals surface area contributed by atoms with Gasteiger partial charge in [-0.25, -0.2) is 9.59 Å². The molecule has 0 spiro atoms. The van der Waals surface area contributed by atoms with Gasteiger partial charge in [0.1, 0.15) is 11.4 Å². The Morgan fingerprint density at radius 1 is 1.03 bits per heavy atom.